The fourth-order valence-electron chi connectivity index (χ4n) is 2.36. The molecule has 4 nitrogen and oxygen atoms in total. The van der Waals surface area contributed by atoms with E-state index in [9.17, 15) is 4.79 Å². The number of carbonyl (C=O) groups is 1. The van der Waals surface area contributed by atoms with Crippen molar-refractivity contribution in [3.8, 4) is 0 Å². The van der Waals surface area contributed by atoms with E-state index < -0.39 is 6.04 Å². The lowest BCUT2D eigenvalue weighted by atomic mass is 10.0. The number of amides is 1. The normalized spacial score (nSPS) is 12.4. The number of rotatable bonds is 5. The molecule has 1 heterocycles. The van der Waals surface area contributed by atoms with Gasteiger partial charge in [-0.15, -0.1) is 0 Å². The first-order valence-corrected chi connectivity index (χ1v) is 7.44. The molecule has 0 aliphatic heterocycles. The largest absolute Gasteiger partial charge is 0.368 e. The highest BCUT2D eigenvalue weighted by molar-refractivity contribution is 9.10. The fourth-order valence-corrected chi connectivity index (χ4v) is 2.77. The highest BCUT2D eigenvalue weighted by atomic mass is 79.9. The van der Waals surface area contributed by atoms with Crippen LogP contribution in [0.25, 0.3) is 0 Å². The molecule has 1 amide bonds. The standard InChI is InChI=1S/C16H18BrN3O/c1-11-13(6-4-8-19-11)10-20(2)15(16(18)21)12-5-3-7-14(17)9-12/h3-9,15H,10H2,1-2H3,(H2,18,21)/t15-/m1/s1. The maximum atomic E-state index is 11.9. The van der Waals surface area contributed by atoms with Gasteiger partial charge in [0.2, 0.25) is 5.91 Å². The number of nitrogens with zero attached hydrogens (tertiary/aromatic N) is 2. The maximum absolute atomic E-state index is 11.9. The monoisotopic (exact) mass is 347 g/mol. The Morgan fingerprint density at radius 2 is 2.14 bits per heavy atom. The summed E-state index contributed by atoms with van der Waals surface area (Å²) >= 11 is 3.43. The third kappa shape index (κ3) is 3.89. The van der Waals surface area contributed by atoms with Crippen LogP contribution >= 0.6 is 15.9 Å². The minimum atomic E-state index is -0.470. The lowest BCUT2D eigenvalue weighted by Crippen LogP contribution is -2.35. The van der Waals surface area contributed by atoms with Crippen LogP contribution < -0.4 is 5.73 Å². The molecule has 110 valence electrons. The van der Waals surface area contributed by atoms with Gasteiger partial charge in [0.1, 0.15) is 6.04 Å². The molecule has 0 radical (unpaired) electrons. The van der Waals surface area contributed by atoms with Crippen molar-refractivity contribution in [2.75, 3.05) is 7.05 Å². The molecular formula is C16H18BrN3O. The summed E-state index contributed by atoms with van der Waals surface area (Å²) in [5, 5.41) is 0. The van der Waals surface area contributed by atoms with Gasteiger partial charge in [-0.1, -0.05) is 34.1 Å². The summed E-state index contributed by atoms with van der Waals surface area (Å²) in [5.41, 5.74) is 8.52. The van der Waals surface area contributed by atoms with E-state index in [1.54, 1.807) is 6.20 Å². The summed E-state index contributed by atoms with van der Waals surface area (Å²) in [6.07, 6.45) is 1.76. The number of aryl methyl sites for hydroxylation is 1. The molecule has 2 rings (SSSR count). The molecule has 1 atom stereocenters. The lowest BCUT2D eigenvalue weighted by molar-refractivity contribution is -0.123. The molecule has 0 aliphatic carbocycles. The number of benzene rings is 1. The van der Waals surface area contributed by atoms with Crippen molar-refractivity contribution in [3.05, 3.63) is 63.9 Å². The molecule has 2 N–H and O–H groups in total. The number of carbonyl (C=O) groups excluding carboxylic acids is 1. The van der Waals surface area contributed by atoms with Gasteiger partial charge in [0, 0.05) is 22.9 Å². The van der Waals surface area contributed by atoms with Crippen molar-refractivity contribution in [3.63, 3.8) is 0 Å². The van der Waals surface area contributed by atoms with E-state index in [-0.39, 0.29) is 5.91 Å². The Bertz CT molecular complexity index is 645. The van der Waals surface area contributed by atoms with E-state index in [4.69, 9.17) is 5.73 Å². The Balaban J connectivity index is 2.26. The highest BCUT2D eigenvalue weighted by Crippen LogP contribution is 2.24. The lowest BCUT2D eigenvalue weighted by Gasteiger charge is -2.26. The molecular weight excluding hydrogens is 330 g/mol. The van der Waals surface area contributed by atoms with E-state index in [0.29, 0.717) is 6.54 Å². The number of likely N-dealkylation sites (N-methyl/N-ethyl adjacent to an activating group) is 1. The van der Waals surface area contributed by atoms with Crippen molar-refractivity contribution >= 4 is 21.8 Å². The van der Waals surface area contributed by atoms with Crippen molar-refractivity contribution < 1.29 is 4.79 Å². The summed E-state index contributed by atoms with van der Waals surface area (Å²) < 4.78 is 0.928. The average Bonchev–Trinajstić information content (AvgIpc) is 2.41. The van der Waals surface area contributed by atoms with Crippen LogP contribution in [0.3, 0.4) is 0 Å². The minimum absolute atomic E-state index is 0.364. The molecule has 1 aromatic heterocycles. The second-order valence-corrected chi connectivity index (χ2v) is 5.94. The van der Waals surface area contributed by atoms with Crippen LogP contribution in [0.5, 0.6) is 0 Å². The summed E-state index contributed by atoms with van der Waals surface area (Å²) in [4.78, 5) is 18.1. The van der Waals surface area contributed by atoms with Gasteiger partial charge in [-0.2, -0.15) is 0 Å². The van der Waals surface area contributed by atoms with E-state index >= 15 is 0 Å². The first-order valence-electron chi connectivity index (χ1n) is 6.64. The van der Waals surface area contributed by atoms with Gasteiger partial charge in [0.05, 0.1) is 0 Å². The quantitative estimate of drug-likeness (QED) is 0.904. The highest BCUT2D eigenvalue weighted by Gasteiger charge is 2.23. The summed E-state index contributed by atoms with van der Waals surface area (Å²) in [5.74, 6) is -0.364. The molecule has 0 bridgehead atoms. The topological polar surface area (TPSA) is 59.2 Å². The molecule has 21 heavy (non-hydrogen) atoms. The van der Waals surface area contributed by atoms with Gasteiger partial charge in [-0.05, 0) is 43.3 Å². The third-order valence-corrected chi connectivity index (χ3v) is 3.90. The first kappa shape index (κ1) is 15.7. The SMILES string of the molecule is Cc1ncccc1CN(C)[C@@H](C(N)=O)c1cccc(Br)c1. The molecule has 1 aromatic carbocycles. The van der Waals surface area contributed by atoms with Crippen LogP contribution in [0.4, 0.5) is 0 Å². The van der Waals surface area contributed by atoms with Gasteiger partial charge in [0.15, 0.2) is 0 Å². The van der Waals surface area contributed by atoms with Gasteiger partial charge in [-0.3, -0.25) is 14.7 Å². The van der Waals surface area contributed by atoms with Crippen molar-refractivity contribution in [2.45, 2.75) is 19.5 Å². The van der Waals surface area contributed by atoms with Crippen LogP contribution in [-0.2, 0) is 11.3 Å². The third-order valence-electron chi connectivity index (χ3n) is 3.41. The van der Waals surface area contributed by atoms with E-state index in [2.05, 4.69) is 20.9 Å². The van der Waals surface area contributed by atoms with Crippen LogP contribution in [0.15, 0.2) is 47.1 Å². The van der Waals surface area contributed by atoms with Gasteiger partial charge in [-0.25, -0.2) is 0 Å². The zero-order chi connectivity index (χ0) is 15.4. The van der Waals surface area contributed by atoms with E-state index in [1.807, 2.05) is 55.3 Å². The second kappa shape index (κ2) is 6.83. The predicted octanol–water partition coefficient (Wildman–Crippen LogP) is 2.81. The second-order valence-electron chi connectivity index (χ2n) is 5.02. The molecule has 0 spiro atoms. The summed E-state index contributed by atoms with van der Waals surface area (Å²) in [6, 6.07) is 11.1. The first-order chi connectivity index (χ1) is 9.99. The number of hydrogen-bond donors (Lipinski definition) is 1. The molecule has 0 fully saturated rings. The van der Waals surface area contributed by atoms with Crippen LogP contribution in [0.2, 0.25) is 0 Å². The number of pyridine rings is 1. The maximum Gasteiger partial charge on any atom is 0.239 e. The molecule has 0 aliphatic rings. The van der Waals surface area contributed by atoms with Crippen molar-refractivity contribution in [1.29, 1.82) is 0 Å². The molecule has 0 unspecified atom stereocenters. The zero-order valence-corrected chi connectivity index (χ0v) is 13.7. The number of primary amides is 1. The number of hydrogen-bond acceptors (Lipinski definition) is 3. The van der Waals surface area contributed by atoms with Crippen molar-refractivity contribution in [2.24, 2.45) is 5.73 Å². The van der Waals surface area contributed by atoms with Crippen LogP contribution in [-0.4, -0.2) is 22.8 Å². The van der Waals surface area contributed by atoms with Crippen molar-refractivity contribution in [1.82, 2.24) is 9.88 Å². The predicted molar refractivity (Wildman–Crippen MR) is 86.5 cm³/mol. The number of nitrogens with two attached hydrogens (primary N) is 1. The Morgan fingerprint density at radius 3 is 2.76 bits per heavy atom. The number of aromatic nitrogens is 1. The Hall–Kier alpha value is -1.72. The van der Waals surface area contributed by atoms with E-state index in [0.717, 1.165) is 21.3 Å². The smallest absolute Gasteiger partial charge is 0.239 e. The Kier molecular flexibility index (Phi) is 5.09. The Labute approximate surface area is 133 Å². The molecule has 0 saturated carbocycles. The minimum Gasteiger partial charge on any atom is -0.368 e. The van der Waals surface area contributed by atoms with Gasteiger partial charge in [0.25, 0.3) is 0 Å². The zero-order valence-electron chi connectivity index (χ0n) is 12.1. The Morgan fingerprint density at radius 1 is 1.38 bits per heavy atom. The molecule has 5 heteroatoms. The van der Waals surface area contributed by atoms with Crippen LogP contribution in [0, 0.1) is 6.92 Å². The average molecular weight is 348 g/mol. The van der Waals surface area contributed by atoms with Gasteiger partial charge >= 0.3 is 0 Å². The number of halogens is 1. The molecule has 2 aromatic rings. The summed E-state index contributed by atoms with van der Waals surface area (Å²) in [6.45, 7) is 2.57. The van der Waals surface area contributed by atoms with Gasteiger partial charge < -0.3 is 5.73 Å². The van der Waals surface area contributed by atoms with Crippen LogP contribution in [0.1, 0.15) is 22.9 Å². The van der Waals surface area contributed by atoms with E-state index in [1.165, 1.54) is 0 Å². The summed E-state index contributed by atoms with van der Waals surface area (Å²) in [7, 11) is 1.89. The molecule has 0 saturated heterocycles. The fraction of sp³-hybridized carbons (Fsp3) is 0.250.